The predicted molar refractivity (Wildman–Crippen MR) is 129 cm³/mol. The van der Waals surface area contributed by atoms with Crippen LogP contribution in [0.4, 0.5) is 13.2 Å². The number of aromatic nitrogens is 2. The van der Waals surface area contributed by atoms with Crippen LogP contribution in [0.3, 0.4) is 0 Å². The Kier molecular flexibility index (Phi) is 6.77. The summed E-state index contributed by atoms with van der Waals surface area (Å²) in [5.41, 5.74) is 2.07. The lowest BCUT2D eigenvalue weighted by molar-refractivity contribution is -0.138. The molecule has 4 aromatic rings. The molecule has 1 saturated heterocycles. The lowest BCUT2D eigenvalue weighted by atomic mass is 10.1. The molecule has 9 heteroatoms. The van der Waals surface area contributed by atoms with Gasteiger partial charge in [-0.25, -0.2) is 0 Å². The first-order valence-corrected chi connectivity index (χ1v) is 12.0. The van der Waals surface area contributed by atoms with Crippen molar-refractivity contribution in [2.75, 3.05) is 13.2 Å². The smallest absolute Gasteiger partial charge is 0.416 e. The molecule has 1 atom stereocenters. The third-order valence-corrected chi connectivity index (χ3v) is 6.75. The molecule has 190 valence electrons. The standard InChI is InChI=1S/C27H28F3N3O3/c1-18-11-21(31-36-18)17-35-23-8-9-26-24(12-23)20(14-32-10-4-6-22(32)16-34)15-33(26)13-19-5-2-3-7-25(19)27(28,29)30/h2-3,5,7-9,11-12,15,22,34H,4,6,10,13-14,16-17H2,1H3/t22-/m0/s1. The maximum atomic E-state index is 13.6. The van der Waals surface area contributed by atoms with Crippen LogP contribution in [0.15, 0.2) is 59.3 Å². The first-order chi connectivity index (χ1) is 17.3. The number of nitrogens with zero attached hydrogens (tertiary/aromatic N) is 3. The zero-order valence-corrected chi connectivity index (χ0v) is 20.0. The molecule has 0 bridgehead atoms. The number of ether oxygens (including phenoxy) is 1. The maximum Gasteiger partial charge on any atom is 0.416 e. The van der Waals surface area contributed by atoms with Gasteiger partial charge in [0.05, 0.1) is 12.2 Å². The van der Waals surface area contributed by atoms with E-state index in [1.165, 1.54) is 12.1 Å². The Hall–Kier alpha value is -3.30. The Bertz CT molecular complexity index is 1350. The quantitative estimate of drug-likeness (QED) is 0.345. The number of halogens is 3. The van der Waals surface area contributed by atoms with Crippen LogP contribution in [0, 0.1) is 6.92 Å². The van der Waals surface area contributed by atoms with Gasteiger partial charge in [0.2, 0.25) is 0 Å². The normalized spacial score (nSPS) is 16.8. The molecular weight excluding hydrogens is 471 g/mol. The van der Waals surface area contributed by atoms with Crippen LogP contribution in [-0.4, -0.2) is 38.9 Å². The van der Waals surface area contributed by atoms with Crippen LogP contribution in [0.1, 0.15) is 41.0 Å². The molecule has 0 spiro atoms. The van der Waals surface area contributed by atoms with Gasteiger partial charge in [0.1, 0.15) is 23.8 Å². The van der Waals surface area contributed by atoms with Crippen LogP contribution in [-0.2, 0) is 25.9 Å². The number of benzene rings is 2. The van der Waals surface area contributed by atoms with Gasteiger partial charge in [-0.05, 0) is 61.7 Å². The third-order valence-electron chi connectivity index (χ3n) is 6.75. The molecule has 2 aromatic heterocycles. The van der Waals surface area contributed by atoms with Crippen LogP contribution < -0.4 is 4.74 Å². The van der Waals surface area contributed by atoms with Crippen molar-refractivity contribution < 1.29 is 27.5 Å². The Morgan fingerprint density at radius 3 is 2.69 bits per heavy atom. The van der Waals surface area contributed by atoms with Crippen LogP contribution in [0.2, 0.25) is 0 Å². The second-order valence-corrected chi connectivity index (χ2v) is 9.28. The highest BCUT2D eigenvalue weighted by molar-refractivity contribution is 5.85. The number of likely N-dealkylation sites (tertiary alicyclic amines) is 1. The molecule has 1 fully saturated rings. The minimum absolute atomic E-state index is 0.0864. The summed E-state index contributed by atoms with van der Waals surface area (Å²) in [5.74, 6) is 1.34. The molecule has 36 heavy (non-hydrogen) atoms. The Balaban J connectivity index is 1.49. The first-order valence-electron chi connectivity index (χ1n) is 12.0. The number of hydrogen-bond acceptors (Lipinski definition) is 5. The minimum Gasteiger partial charge on any atom is -0.487 e. The Morgan fingerprint density at radius 1 is 1.11 bits per heavy atom. The van der Waals surface area contributed by atoms with E-state index in [1.54, 1.807) is 12.1 Å². The topological polar surface area (TPSA) is 63.7 Å². The Morgan fingerprint density at radius 2 is 1.94 bits per heavy atom. The molecular formula is C27H28F3N3O3. The highest BCUT2D eigenvalue weighted by atomic mass is 19.4. The van der Waals surface area contributed by atoms with Crippen LogP contribution in [0.25, 0.3) is 10.9 Å². The molecule has 6 nitrogen and oxygen atoms in total. The van der Waals surface area contributed by atoms with Gasteiger partial charge in [0.25, 0.3) is 0 Å². The van der Waals surface area contributed by atoms with E-state index in [0.717, 1.165) is 41.9 Å². The summed E-state index contributed by atoms with van der Waals surface area (Å²) >= 11 is 0. The van der Waals surface area contributed by atoms with E-state index in [-0.39, 0.29) is 31.4 Å². The van der Waals surface area contributed by atoms with E-state index >= 15 is 0 Å². The number of aliphatic hydroxyl groups is 1. The van der Waals surface area contributed by atoms with E-state index in [2.05, 4.69) is 10.1 Å². The molecule has 1 aliphatic heterocycles. The van der Waals surface area contributed by atoms with E-state index < -0.39 is 11.7 Å². The van der Waals surface area contributed by atoms with Gasteiger partial charge < -0.3 is 18.9 Å². The van der Waals surface area contributed by atoms with Gasteiger partial charge in [0.15, 0.2) is 0 Å². The van der Waals surface area contributed by atoms with Crippen LogP contribution >= 0.6 is 0 Å². The Labute approximate surface area is 206 Å². The summed E-state index contributed by atoms with van der Waals surface area (Å²) in [7, 11) is 0. The number of fused-ring (bicyclic) bond motifs is 1. The van der Waals surface area contributed by atoms with E-state index in [1.807, 2.05) is 35.9 Å². The average molecular weight is 500 g/mol. The largest absolute Gasteiger partial charge is 0.487 e. The summed E-state index contributed by atoms with van der Waals surface area (Å²) in [6.45, 7) is 3.71. The van der Waals surface area contributed by atoms with Gasteiger partial charge >= 0.3 is 6.18 Å². The van der Waals surface area contributed by atoms with Crippen molar-refractivity contribution in [3.05, 3.63) is 82.9 Å². The van der Waals surface area contributed by atoms with Crippen LogP contribution in [0.5, 0.6) is 5.75 Å². The molecule has 0 radical (unpaired) electrons. The van der Waals surface area contributed by atoms with Crippen molar-refractivity contribution in [1.29, 1.82) is 0 Å². The number of aryl methyl sites for hydroxylation is 1. The molecule has 0 aliphatic carbocycles. The SMILES string of the molecule is Cc1cc(COc2ccc3c(c2)c(CN2CCC[C@H]2CO)cn3Cc2ccccc2C(F)(F)F)no1. The summed E-state index contributed by atoms with van der Waals surface area (Å²) in [6.07, 6.45) is -0.560. The third kappa shape index (κ3) is 5.12. The molecule has 3 heterocycles. The second-order valence-electron chi connectivity index (χ2n) is 9.28. The minimum atomic E-state index is -4.42. The van der Waals surface area contributed by atoms with Crippen molar-refractivity contribution >= 4 is 10.9 Å². The van der Waals surface area contributed by atoms with E-state index in [0.29, 0.717) is 23.7 Å². The lowest BCUT2D eigenvalue weighted by Crippen LogP contribution is -2.31. The highest BCUT2D eigenvalue weighted by Crippen LogP contribution is 2.34. The number of aliphatic hydroxyl groups excluding tert-OH is 1. The lowest BCUT2D eigenvalue weighted by Gasteiger charge is -2.22. The molecule has 1 aliphatic rings. The fraction of sp³-hybridized carbons (Fsp3) is 0.370. The van der Waals surface area contributed by atoms with Gasteiger partial charge in [0, 0.05) is 42.3 Å². The molecule has 0 unspecified atom stereocenters. The van der Waals surface area contributed by atoms with Crippen molar-refractivity contribution in [1.82, 2.24) is 14.6 Å². The number of alkyl halides is 3. The van der Waals surface area contributed by atoms with Gasteiger partial charge in [-0.2, -0.15) is 13.2 Å². The van der Waals surface area contributed by atoms with E-state index in [4.69, 9.17) is 9.26 Å². The molecule has 1 N–H and O–H groups in total. The van der Waals surface area contributed by atoms with Gasteiger partial charge in [-0.1, -0.05) is 23.4 Å². The number of hydrogen-bond donors (Lipinski definition) is 1. The van der Waals surface area contributed by atoms with Crippen molar-refractivity contribution in [2.45, 2.75) is 51.7 Å². The fourth-order valence-corrected chi connectivity index (χ4v) is 4.99. The monoisotopic (exact) mass is 499 g/mol. The maximum absolute atomic E-state index is 13.6. The molecule has 5 rings (SSSR count). The zero-order chi connectivity index (χ0) is 25.3. The summed E-state index contributed by atoms with van der Waals surface area (Å²) in [5, 5.41) is 14.6. The van der Waals surface area contributed by atoms with Crippen molar-refractivity contribution in [2.24, 2.45) is 0 Å². The van der Waals surface area contributed by atoms with Gasteiger partial charge in [-0.15, -0.1) is 0 Å². The summed E-state index contributed by atoms with van der Waals surface area (Å²) < 4.78 is 53.8. The summed E-state index contributed by atoms with van der Waals surface area (Å²) in [4.78, 5) is 2.23. The summed E-state index contributed by atoms with van der Waals surface area (Å²) in [6, 6.07) is 13.2. The molecule has 0 amide bonds. The predicted octanol–water partition coefficient (Wildman–Crippen LogP) is 5.54. The fourth-order valence-electron chi connectivity index (χ4n) is 4.99. The van der Waals surface area contributed by atoms with E-state index in [9.17, 15) is 18.3 Å². The number of rotatable bonds is 8. The van der Waals surface area contributed by atoms with Gasteiger partial charge in [-0.3, -0.25) is 4.90 Å². The van der Waals surface area contributed by atoms with Crippen molar-refractivity contribution in [3.63, 3.8) is 0 Å². The molecule has 2 aromatic carbocycles. The second kappa shape index (κ2) is 9.99. The van der Waals surface area contributed by atoms with Crippen molar-refractivity contribution in [3.8, 4) is 5.75 Å². The first kappa shape index (κ1) is 24.4. The average Bonchev–Trinajstić information content (AvgIpc) is 3.57. The molecule has 0 saturated carbocycles. The highest BCUT2D eigenvalue weighted by Gasteiger charge is 2.33. The zero-order valence-electron chi connectivity index (χ0n) is 20.0.